The lowest BCUT2D eigenvalue weighted by molar-refractivity contribution is -0.138. The van der Waals surface area contributed by atoms with Gasteiger partial charge in [0.05, 0.1) is 24.8 Å². The maximum atomic E-state index is 12.7. The number of ether oxygens (including phenoxy) is 1. The van der Waals surface area contributed by atoms with Crippen molar-refractivity contribution < 1.29 is 32.6 Å². The van der Waals surface area contributed by atoms with Gasteiger partial charge < -0.3 is 14.7 Å². The second-order valence-corrected chi connectivity index (χ2v) is 7.33. The lowest BCUT2D eigenvalue weighted by Crippen LogP contribution is -2.04. The van der Waals surface area contributed by atoms with Crippen molar-refractivity contribution in [2.75, 3.05) is 7.11 Å². The predicted molar refractivity (Wildman–Crippen MR) is 118 cm³/mol. The minimum Gasteiger partial charge on any atom is -0.496 e. The molecule has 1 N–H and O–H groups in total. The van der Waals surface area contributed by atoms with Gasteiger partial charge in [0.2, 0.25) is 0 Å². The lowest BCUT2D eigenvalue weighted by atomic mass is 9.98. The van der Waals surface area contributed by atoms with Crippen molar-refractivity contribution in [3.8, 4) is 16.9 Å². The number of hydrogen-bond acceptors (Lipinski definition) is 4. The van der Waals surface area contributed by atoms with Crippen LogP contribution < -0.4 is 4.74 Å². The van der Waals surface area contributed by atoms with Crippen molar-refractivity contribution in [2.24, 2.45) is 5.16 Å². The Kier molecular flexibility index (Phi) is 7.37. The number of alkyl halides is 3. The molecule has 0 spiro atoms. The molecular weight excluding hydrogens is 435 g/mol. The molecule has 3 aromatic carbocycles. The molecule has 0 aromatic heterocycles. The minimum absolute atomic E-state index is 0.00865. The van der Waals surface area contributed by atoms with Gasteiger partial charge in [0.15, 0.2) is 0 Å². The molecule has 0 saturated carbocycles. The zero-order valence-electron chi connectivity index (χ0n) is 18.0. The minimum atomic E-state index is -4.39. The number of carboxylic acid groups (broad SMARTS) is 1. The summed E-state index contributed by atoms with van der Waals surface area (Å²) < 4.78 is 43.5. The summed E-state index contributed by atoms with van der Waals surface area (Å²) in [7, 11) is 1.53. The maximum absolute atomic E-state index is 12.7. The monoisotopic (exact) mass is 457 g/mol. The zero-order valence-corrected chi connectivity index (χ0v) is 18.0. The van der Waals surface area contributed by atoms with E-state index in [2.05, 4.69) is 5.16 Å². The van der Waals surface area contributed by atoms with E-state index in [0.29, 0.717) is 28.2 Å². The number of halogens is 3. The molecule has 5 nitrogen and oxygen atoms in total. The summed E-state index contributed by atoms with van der Waals surface area (Å²) in [6, 6.07) is 17.4. The number of oxime groups is 1. The molecule has 0 saturated heterocycles. The number of methoxy groups -OCH3 is 1. The van der Waals surface area contributed by atoms with Crippen molar-refractivity contribution in [1.29, 1.82) is 0 Å². The van der Waals surface area contributed by atoms with E-state index in [0.717, 1.165) is 23.3 Å². The van der Waals surface area contributed by atoms with Crippen molar-refractivity contribution in [3.63, 3.8) is 0 Å². The van der Waals surface area contributed by atoms with Crippen LogP contribution >= 0.6 is 0 Å². The Morgan fingerprint density at radius 2 is 1.67 bits per heavy atom. The summed E-state index contributed by atoms with van der Waals surface area (Å²) in [5.41, 5.74) is 3.39. The zero-order chi connectivity index (χ0) is 24.0. The molecule has 8 heteroatoms. The van der Waals surface area contributed by atoms with Crippen LogP contribution in [0.2, 0.25) is 0 Å². The third kappa shape index (κ3) is 6.35. The molecule has 0 radical (unpaired) electrons. The molecule has 0 atom stereocenters. The van der Waals surface area contributed by atoms with Crippen LogP contribution in [0, 0.1) is 0 Å². The molecule has 0 aliphatic rings. The number of rotatable bonds is 8. The average molecular weight is 457 g/mol. The summed E-state index contributed by atoms with van der Waals surface area (Å²) in [4.78, 5) is 16.4. The van der Waals surface area contributed by atoms with Crippen LogP contribution in [0.5, 0.6) is 5.75 Å². The first-order chi connectivity index (χ1) is 15.7. The third-order valence-corrected chi connectivity index (χ3v) is 4.92. The van der Waals surface area contributed by atoms with Gasteiger partial charge in [-0.2, -0.15) is 13.2 Å². The topological polar surface area (TPSA) is 68.1 Å². The first kappa shape index (κ1) is 23.8. The SMILES string of the molecule is COc1ccc(-c2cccc(CC(=O)O)c2)cc1/C(C)=N/OCc1ccc(C(F)(F)F)cc1. The number of hydrogen-bond donors (Lipinski definition) is 1. The number of carbonyl (C=O) groups is 1. The van der Waals surface area contributed by atoms with Crippen molar-refractivity contribution in [2.45, 2.75) is 26.1 Å². The highest BCUT2D eigenvalue weighted by Gasteiger charge is 2.29. The van der Waals surface area contributed by atoms with Crippen LogP contribution in [0.4, 0.5) is 13.2 Å². The Labute approximate surface area is 189 Å². The van der Waals surface area contributed by atoms with E-state index in [1.165, 1.54) is 19.2 Å². The first-order valence-corrected chi connectivity index (χ1v) is 9.99. The molecule has 3 rings (SSSR count). The molecule has 0 bridgehead atoms. The van der Waals surface area contributed by atoms with Crippen molar-refractivity contribution >= 4 is 11.7 Å². The predicted octanol–water partition coefficient (Wildman–Crippen LogP) is 5.95. The van der Waals surface area contributed by atoms with Crippen molar-refractivity contribution in [1.82, 2.24) is 0 Å². The van der Waals surface area contributed by atoms with Gasteiger partial charge in [-0.3, -0.25) is 4.79 Å². The summed E-state index contributed by atoms with van der Waals surface area (Å²) >= 11 is 0. The van der Waals surface area contributed by atoms with Gasteiger partial charge in [0.25, 0.3) is 0 Å². The molecule has 33 heavy (non-hydrogen) atoms. The van der Waals surface area contributed by atoms with E-state index in [1.54, 1.807) is 25.1 Å². The Morgan fingerprint density at radius 3 is 2.30 bits per heavy atom. The highest BCUT2D eigenvalue weighted by molar-refractivity contribution is 6.01. The van der Waals surface area contributed by atoms with Crippen LogP contribution in [-0.2, 0) is 28.8 Å². The maximum Gasteiger partial charge on any atom is 0.416 e. The van der Waals surface area contributed by atoms with Crippen LogP contribution in [0.3, 0.4) is 0 Å². The summed E-state index contributed by atoms with van der Waals surface area (Å²) in [6.45, 7) is 1.74. The van der Waals surface area contributed by atoms with E-state index < -0.39 is 17.7 Å². The molecule has 0 aliphatic carbocycles. The van der Waals surface area contributed by atoms with Crippen LogP contribution in [0.15, 0.2) is 71.9 Å². The van der Waals surface area contributed by atoms with Gasteiger partial charge in [-0.15, -0.1) is 0 Å². The van der Waals surface area contributed by atoms with Gasteiger partial charge in [0.1, 0.15) is 12.4 Å². The molecule has 0 unspecified atom stereocenters. The van der Waals surface area contributed by atoms with Gasteiger partial charge in [-0.1, -0.05) is 47.6 Å². The van der Waals surface area contributed by atoms with Gasteiger partial charge in [0, 0.05) is 5.56 Å². The molecule has 0 aliphatic heterocycles. The molecule has 0 amide bonds. The van der Waals surface area contributed by atoms with E-state index >= 15 is 0 Å². The van der Waals surface area contributed by atoms with E-state index in [9.17, 15) is 18.0 Å². The second-order valence-electron chi connectivity index (χ2n) is 7.33. The number of aliphatic carboxylic acids is 1. The standard InChI is InChI=1S/C25H22F3NO4/c1-16(29-33-15-17-6-9-21(10-7-17)25(26,27)28)22-14-20(8-11-23(22)32-2)19-5-3-4-18(12-19)13-24(30)31/h3-12,14H,13,15H2,1-2H3,(H,30,31)/b29-16+. The fraction of sp³-hybridized carbons (Fsp3) is 0.200. The smallest absolute Gasteiger partial charge is 0.416 e. The molecular formula is C25H22F3NO4. The Balaban J connectivity index is 1.78. The Hall–Kier alpha value is -3.81. The highest BCUT2D eigenvalue weighted by atomic mass is 19.4. The van der Waals surface area contributed by atoms with Gasteiger partial charge in [-0.05, 0) is 53.4 Å². The third-order valence-electron chi connectivity index (χ3n) is 4.92. The second kappa shape index (κ2) is 10.2. The normalized spacial score (nSPS) is 11.8. The Morgan fingerprint density at radius 1 is 0.970 bits per heavy atom. The largest absolute Gasteiger partial charge is 0.496 e. The summed E-state index contributed by atoms with van der Waals surface area (Å²) in [6.07, 6.45) is -4.46. The number of carboxylic acids is 1. The Bertz CT molecular complexity index is 1160. The molecule has 172 valence electrons. The van der Waals surface area contributed by atoms with Crippen molar-refractivity contribution in [3.05, 3.63) is 89.0 Å². The number of benzene rings is 3. The lowest BCUT2D eigenvalue weighted by Gasteiger charge is -2.12. The summed E-state index contributed by atoms with van der Waals surface area (Å²) in [5, 5.41) is 13.1. The number of nitrogens with zero attached hydrogens (tertiary/aromatic N) is 1. The average Bonchev–Trinajstić information content (AvgIpc) is 2.78. The van der Waals surface area contributed by atoms with Crippen LogP contribution in [0.25, 0.3) is 11.1 Å². The van der Waals surface area contributed by atoms with E-state index in [-0.39, 0.29) is 13.0 Å². The fourth-order valence-electron chi connectivity index (χ4n) is 3.25. The quantitative estimate of drug-likeness (QED) is 0.335. The van der Waals surface area contributed by atoms with Crippen LogP contribution in [0.1, 0.15) is 29.2 Å². The summed E-state index contributed by atoms with van der Waals surface area (Å²) in [5.74, 6) is -0.337. The first-order valence-electron chi connectivity index (χ1n) is 9.99. The van der Waals surface area contributed by atoms with E-state index in [1.807, 2.05) is 24.3 Å². The molecule has 0 heterocycles. The van der Waals surface area contributed by atoms with Gasteiger partial charge in [-0.25, -0.2) is 0 Å². The fourth-order valence-corrected chi connectivity index (χ4v) is 3.25. The molecule has 3 aromatic rings. The van der Waals surface area contributed by atoms with E-state index in [4.69, 9.17) is 14.7 Å². The molecule has 0 fully saturated rings. The van der Waals surface area contributed by atoms with Gasteiger partial charge >= 0.3 is 12.1 Å². The highest BCUT2D eigenvalue weighted by Crippen LogP contribution is 2.30. The van der Waals surface area contributed by atoms with Crippen LogP contribution in [-0.4, -0.2) is 23.9 Å².